The number of rotatable bonds is 4. The zero-order valence-electron chi connectivity index (χ0n) is 15.7. The minimum Gasteiger partial charge on any atom is -0.490 e. The first-order valence-corrected chi connectivity index (χ1v) is 10.1. The Balaban J connectivity index is 1.33. The Morgan fingerprint density at radius 3 is 2.86 bits per heavy atom. The van der Waals surface area contributed by atoms with Gasteiger partial charge in [-0.25, -0.2) is 0 Å². The van der Waals surface area contributed by atoms with Gasteiger partial charge in [0.1, 0.15) is 17.9 Å². The Morgan fingerprint density at radius 2 is 2.07 bits per heavy atom. The molecule has 1 aromatic heterocycles. The van der Waals surface area contributed by atoms with E-state index < -0.39 is 0 Å². The molecular weight excluding hydrogens is 376 g/mol. The summed E-state index contributed by atoms with van der Waals surface area (Å²) in [4.78, 5) is 20.8. The van der Waals surface area contributed by atoms with Crippen LogP contribution in [0.2, 0.25) is 5.02 Å². The quantitative estimate of drug-likeness (QED) is 0.790. The van der Waals surface area contributed by atoms with Crippen molar-refractivity contribution in [2.45, 2.75) is 37.8 Å². The fourth-order valence-electron chi connectivity index (χ4n) is 4.04. The highest BCUT2D eigenvalue weighted by atomic mass is 35.5. The number of hydrogen-bond acceptors (Lipinski definition) is 5. The highest BCUT2D eigenvalue weighted by Crippen LogP contribution is 2.28. The van der Waals surface area contributed by atoms with Crippen molar-refractivity contribution in [2.75, 3.05) is 26.2 Å². The number of nitrogens with zero attached hydrogens (tertiary/aromatic N) is 4. The van der Waals surface area contributed by atoms with Crippen LogP contribution in [-0.2, 0) is 4.79 Å². The second-order valence-corrected chi connectivity index (χ2v) is 7.87. The van der Waals surface area contributed by atoms with E-state index in [4.69, 9.17) is 16.3 Å². The number of carbonyl (C=O) groups excluding carboxylic acids is 1. The number of hydrogen-bond donors (Lipinski definition) is 0. The van der Waals surface area contributed by atoms with Gasteiger partial charge in [-0.3, -0.25) is 14.7 Å². The van der Waals surface area contributed by atoms with E-state index in [1.165, 1.54) is 0 Å². The Kier molecular flexibility index (Phi) is 5.65. The van der Waals surface area contributed by atoms with Crippen LogP contribution in [0.1, 0.15) is 25.7 Å². The lowest BCUT2D eigenvalue weighted by molar-refractivity contribution is -0.132. The van der Waals surface area contributed by atoms with E-state index in [1.807, 2.05) is 24.3 Å². The Hall–Kier alpha value is -2.36. The van der Waals surface area contributed by atoms with Crippen molar-refractivity contribution in [3.05, 3.63) is 35.5 Å². The third-order valence-corrected chi connectivity index (χ3v) is 5.81. The fraction of sp³-hybridized carbons (Fsp3) is 0.476. The van der Waals surface area contributed by atoms with Gasteiger partial charge in [-0.2, -0.15) is 5.26 Å². The van der Waals surface area contributed by atoms with Crippen molar-refractivity contribution in [3.63, 3.8) is 0 Å². The number of amides is 1. The number of carbonyl (C=O) groups is 1. The molecule has 0 bridgehead atoms. The molecule has 2 saturated heterocycles. The molecule has 2 aliphatic rings. The molecule has 0 radical (unpaired) electrons. The maximum Gasteiger partial charge on any atom is 0.237 e. The van der Waals surface area contributed by atoms with Crippen LogP contribution >= 0.6 is 11.6 Å². The van der Waals surface area contributed by atoms with Gasteiger partial charge < -0.3 is 9.64 Å². The summed E-state index contributed by atoms with van der Waals surface area (Å²) in [7, 11) is 0. The van der Waals surface area contributed by atoms with E-state index in [0.29, 0.717) is 18.1 Å². The van der Waals surface area contributed by atoms with Crippen LogP contribution in [0.5, 0.6) is 5.75 Å². The number of likely N-dealkylation sites (tertiary alicyclic amines) is 2. The molecular formula is C21H23ClN4O2. The molecule has 1 atom stereocenters. The van der Waals surface area contributed by atoms with Crippen LogP contribution in [0.3, 0.4) is 0 Å². The Labute approximate surface area is 169 Å². The number of benzene rings is 1. The van der Waals surface area contributed by atoms with Gasteiger partial charge in [0, 0.05) is 36.2 Å². The molecule has 28 heavy (non-hydrogen) atoms. The normalized spacial score (nSPS) is 21.0. The average Bonchev–Trinajstić information content (AvgIpc) is 3.18. The summed E-state index contributed by atoms with van der Waals surface area (Å²) in [6.45, 7) is 2.73. The smallest absolute Gasteiger partial charge is 0.237 e. The molecule has 0 aliphatic carbocycles. The topological polar surface area (TPSA) is 69.5 Å². The third kappa shape index (κ3) is 4.06. The number of pyridine rings is 1. The number of aromatic nitrogens is 1. The van der Waals surface area contributed by atoms with Gasteiger partial charge in [0.15, 0.2) is 0 Å². The van der Waals surface area contributed by atoms with E-state index >= 15 is 0 Å². The highest BCUT2D eigenvalue weighted by molar-refractivity contribution is 6.31. The van der Waals surface area contributed by atoms with Crippen molar-refractivity contribution in [2.24, 2.45) is 0 Å². The zero-order chi connectivity index (χ0) is 19.5. The van der Waals surface area contributed by atoms with Gasteiger partial charge in [0.25, 0.3) is 0 Å². The lowest BCUT2D eigenvalue weighted by Crippen LogP contribution is -2.46. The van der Waals surface area contributed by atoms with E-state index in [-0.39, 0.29) is 18.1 Å². The molecule has 3 heterocycles. The summed E-state index contributed by atoms with van der Waals surface area (Å²) in [5.41, 5.74) is 0.825. The van der Waals surface area contributed by atoms with Crippen molar-refractivity contribution in [1.82, 2.24) is 14.8 Å². The summed E-state index contributed by atoms with van der Waals surface area (Å²) in [5, 5.41) is 10.8. The number of ether oxygens (including phenoxy) is 1. The third-order valence-electron chi connectivity index (χ3n) is 5.57. The minimum absolute atomic E-state index is 0.0698. The predicted molar refractivity (Wildman–Crippen MR) is 107 cm³/mol. The number of piperidine rings is 1. The molecule has 146 valence electrons. The molecule has 2 aliphatic heterocycles. The summed E-state index contributed by atoms with van der Waals surface area (Å²) in [5.74, 6) is 0.894. The first-order valence-electron chi connectivity index (χ1n) is 9.76. The fourth-order valence-corrected chi connectivity index (χ4v) is 4.21. The van der Waals surface area contributed by atoms with Crippen molar-refractivity contribution in [1.29, 1.82) is 5.26 Å². The molecule has 7 heteroatoms. The second-order valence-electron chi connectivity index (χ2n) is 7.44. The molecule has 2 aromatic rings. The SMILES string of the molecule is N#CC1CCCN1C(=O)CN1CCC(Oc2ccnc3cc(Cl)ccc23)CC1. The molecule has 1 aromatic carbocycles. The maximum atomic E-state index is 12.5. The largest absolute Gasteiger partial charge is 0.490 e. The standard InChI is InChI=1S/C21H23ClN4O2/c22-15-3-4-18-19(12-15)24-8-5-20(18)28-17-6-10-25(11-7-17)14-21(27)26-9-1-2-16(26)13-23/h3-5,8,12,16-17H,1-2,6-7,9-11,14H2. The van der Waals surface area contributed by atoms with Crippen LogP contribution in [0.25, 0.3) is 10.9 Å². The van der Waals surface area contributed by atoms with Crippen LogP contribution in [0, 0.1) is 11.3 Å². The van der Waals surface area contributed by atoms with E-state index in [1.54, 1.807) is 11.1 Å². The van der Waals surface area contributed by atoms with Gasteiger partial charge in [-0.05, 0) is 49.9 Å². The van der Waals surface area contributed by atoms with Crippen molar-refractivity contribution >= 4 is 28.4 Å². The van der Waals surface area contributed by atoms with Gasteiger partial charge in [0.05, 0.1) is 18.1 Å². The first kappa shape index (κ1) is 19.0. The predicted octanol–water partition coefficient (Wildman–Crippen LogP) is 3.25. The average molecular weight is 399 g/mol. The van der Waals surface area contributed by atoms with Gasteiger partial charge in [-0.1, -0.05) is 11.6 Å². The van der Waals surface area contributed by atoms with E-state index in [2.05, 4.69) is 16.0 Å². The molecule has 4 rings (SSSR count). The van der Waals surface area contributed by atoms with Crippen LogP contribution in [-0.4, -0.2) is 59.0 Å². The van der Waals surface area contributed by atoms with Crippen molar-refractivity contribution < 1.29 is 9.53 Å². The summed E-state index contributed by atoms with van der Waals surface area (Å²) in [6, 6.07) is 9.50. The van der Waals surface area contributed by atoms with Crippen molar-refractivity contribution in [3.8, 4) is 11.8 Å². The van der Waals surface area contributed by atoms with Gasteiger partial charge in [-0.15, -0.1) is 0 Å². The molecule has 1 amide bonds. The zero-order valence-corrected chi connectivity index (χ0v) is 16.4. The Morgan fingerprint density at radius 1 is 1.25 bits per heavy atom. The van der Waals surface area contributed by atoms with E-state index in [0.717, 1.165) is 55.4 Å². The highest BCUT2D eigenvalue weighted by Gasteiger charge is 2.30. The lowest BCUT2D eigenvalue weighted by atomic mass is 10.1. The number of fused-ring (bicyclic) bond motifs is 1. The molecule has 0 saturated carbocycles. The molecule has 0 spiro atoms. The Bertz CT molecular complexity index is 905. The maximum absolute atomic E-state index is 12.5. The van der Waals surface area contributed by atoms with E-state index in [9.17, 15) is 10.1 Å². The van der Waals surface area contributed by atoms with Gasteiger partial charge in [0.2, 0.25) is 5.91 Å². The number of nitriles is 1. The summed E-state index contributed by atoms with van der Waals surface area (Å²) >= 11 is 6.05. The van der Waals surface area contributed by atoms with Crippen LogP contribution in [0.4, 0.5) is 0 Å². The minimum atomic E-state index is -0.248. The van der Waals surface area contributed by atoms with Crippen LogP contribution in [0.15, 0.2) is 30.5 Å². The first-order chi connectivity index (χ1) is 13.6. The van der Waals surface area contributed by atoms with Gasteiger partial charge >= 0.3 is 0 Å². The molecule has 0 N–H and O–H groups in total. The summed E-state index contributed by atoms with van der Waals surface area (Å²) in [6.07, 6.45) is 5.31. The number of halogens is 1. The monoisotopic (exact) mass is 398 g/mol. The molecule has 2 fully saturated rings. The van der Waals surface area contributed by atoms with Crippen LogP contribution < -0.4 is 4.74 Å². The molecule has 1 unspecified atom stereocenters. The molecule has 6 nitrogen and oxygen atoms in total. The lowest BCUT2D eigenvalue weighted by Gasteiger charge is -2.33. The summed E-state index contributed by atoms with van der Waals surface area (Å²) < 4.78 is 6.25. The second kappa shape index (κ2) is 8.34.